The number of likely N-dealkylation sites (tertiary alicyclic amines) is 1. The van der Waals surface area contributed by atoms with Crippen LogP contribution in [0.15, 0.2) is 36.8 Å². The summed E-state index contributed by atoms with van der Waals surface area (Å²) in [6.45, 7) is 5.19. The van der Waals surface area contributed by atoms with Crippen LogP contribution >= 0.6 is 0 Å². The molecule has 9 nitrogen and oxygen atoms in total. The molecule has 0 spiro atoms. The Balaban J connectivity index is 1.50. The number of hydrogen-bond donors (Lipinski definition) is 1. The van der Waals surface area contributed by atoms with E-state index in [-0.39, 0.29) is 11.8 Å². The fourth-order valence-corrected chi connectivity index (χ4v) is 3.84. The number of aromatic nitrogens is 6. The molecule has 0 aromatic carbocycles. The van der Waals surface area contributed by atoms with Gasteiger partial charge in [-0.3, -0.25) is 14.5 Å². The molecule has 4 rings (SSSR count). The number of nitrogens with one attached hydrogen (secondary N) is 1. The van der Waals surface area contributed by atoms with E-state index in [4.69, 9.17) is 0 Å². The highest BCUT2D eigenvalue weighted by molar-refractivity contribution is 5.91. The van der Waals surface area contributed by atoms with Gasteiger partial charge in [0.1, 0.15) is 0 Å². The SMILES string of the molecule is Cc1cc(C)nc(Nc2nccnc2[C@H]2CCCN(C(=O)/C=C/c3ccnn3C)C2)n1. The van der Waals surface area contributed by atoms with Gasteiger partial charge in [0.05, 0.1) is 11.4 Å². The van der Waals surface area contributed by atoms with Crippen LogP contribution in [0, 0.1) is 13.8 Å². The summed E-state index contributed by atoms with van der Waals surface area (Å²) in [5.41, 5.74) is 3.49. The second kappa shape index (κ2) is 9.03. The molecule has 1 aliphatic rings. The summed E-state index contributed by atoms with van der Waals surface area (Å²) in [6, 6.07) is 3.79. The lowest BCUT2D eigenvalue weighted by atomic mass is 9.94. The van der Waals surface area contributed by atoms with Crippen LogP contribution < -0.4 is 5.32 Å². The first-order valence-electron chi connectivity index (χ1n) is 10.3. The van der Waals surface area contributed by atoms with E-state index >= 15 is 0 Å². The maximum atomic E-state index is 12.8. The molecule has 1 atom stereocenters. The minimum Gasteiger partial charge on any atom is -0.338 e. The summed E-state index contributed by atoms with van der Waals surface area (Å²) in [5, 5.41) is 7.34. The van der Waals surface area contributed by atoms with Gasteiger partial charge in [0.2, 0.25) is 11.9 Å². The third kappa shape index (κ3) is 4.93. The molecule has 3 aromatic rings. The lowest BCUT2D eigenvalue weighted by Crippen LogP contribution is -2.38. The van der Waals surface area contributed by atoms with Crippen molar-refractivity contribution in [2.75, 3.05) is 18.4 Å². The lowest BCUT2D eigenvalue weighted by Gasteiger charge is -2.32. The molecule has 3 aromatic heterocycles. The van der Waals surface area contributed by atoms with Crippen molar-refractivity contribution in [1.82, 2.24) is 34.6 Å². The molecule has 0 unspecified atom stereocenters. The van der Waals surface area contributed by atoms with Gasteiger partial charge in [0, 0.05) is 62.1 Å². The van der Waals surface area contributed by atoms with Gasteiger partial charge in [-0.2, -0.15) is 5.10 Å². The maximum absolute atomic E-state index is 12.8. The fourth-order valence-electron chi connectivity index (χ4n) is 3.84. The molecule has 0 aliphatic carbocycles. The Labute approximate surface area is 181 Å². The number of nitrogens with zero attached hydrogens (tertiary/aromatic N) is 7. The molecule has 9 heteroatoms. The number of rotatable bonds is 5. The van der Waals surface area contributed by atoms with Gasteiger partial charge in [0.25, 0.3) is 0 Å². The van der Waals surface area contributed by atoms with Crippen molar-refractivity contribution in [2.45, 2.75) is 32.6 Å². The van der Waals surface area contributed by atoms with Gasteiger partial charge < -0.3 is 10.2 Å². The average Bonchev–Trinajstić information content (AvgIpc) is 3.16. The van der Waals surface area contributed by atoms with Crippen LogP contribution in [-0.2, 0) is 11.8 Å². The second-order valence-corrected chi connectivity index (χ2v) is 7.73. The zero-order valence-electron chi connectivity index (χ0n) is 18.0. The van der Waals surface area contributed by atoms with E-state index in [1.807, 2.05) is 37.9 Å². The number of aryl methyl sites for hydroxylation is 3. The highest BCUT2D eigenvalue weighted by atomic mass is 16.2. The van der Waals surface area contributed by atoms with Crippen molar-refractivity contribution in [3.63, 3.8) is 0 Å². The van der Waals surface area contributed by atoms with E-state index in [0.717, 1.165) is 42.2 Å². The predicted octanol–water partition coefficient (Wildman–Crippen LogP) is 2.78. The standard InChI is InChI=1S/C22H26N8O/c1-15-13-16(2)27-22(26-15)28-21-20(23-10-11-24-21)17-5-4-12-30(14-17)19(31)7-6-18-8-9-25-29(18)3/h6-11,13,17H,4-5,12,14H2,1-3H3,(H,24,26,27,28)/b7-6+/t17-/m0/s1. The van der Waals surface area contributed by atoms with E-state index in [9.17, 15) is 4.79 Å². The van der Waals surface area contributed by atoms with Gasteiger partial charge in [-0.1, -0.05) is 0 Å². The van der Waals surface area contributed by atoms with Gasteiger partial charge >= 0.3 is 0 Å². The Kier molecular flexibility index (Phi) is 6.01. The molecule has 0 radical (unpaired) electrons. The zero-order valence-corrected chi connectivity index (χ0v) is 18.0. The highest BCUT2D eigenvalue weighted by Gasteiger charge is 2.27. The number of anilines is 2. The predicted molar refractivity (Wildman–Crippen MR) is 118 cm³/mol. The van der Waals surface area contributed by atoms with Crippen LogP contribution in [-0.4, -0.2) is 53.6 Å². The molecular formula is C22H26N8O. The molecule has 1 fully saturated rings. The Morgan fingerprint density at radius 2 is 1.94 bits per heavy atom. The van der Waals surface area contributed by atoms with Crippen molar-refractivity contribution in [2.24, 2.45) is 7.05 Å². The number of carbonyl (C=O) groups excluding carboxylic acids is 1. The molecule has 0 saturated carbocycles. The van der Waals surface area contributed by atoms with Crippen LogP contribution in [0.1, 0.15) is 41.5 Å². The van der Waals surface area contributed by atoms with E-state index in [2.05, 4.69) is 30.4 Å². The summed E-state index contributed by atoms with van der Waals surface area (Å²) in [4.78, 5) is 32.6. The Bertz CT molecular complexity index is 1090. The van der Waals surface area contributed by atoms with E-state index in [1.54, 1.807) is 35.4 Å². The highest BCUT2D eigenvalue weighted by Crippen LogP contribution is 2.30. The summed E-state index contributed by atoms with van der Waals surface area (Å²) in [6.07, 6.45) is 10.3. The summed E-state index contributed by atoms with van der Waals surface area (Å²) < 4.78 is 1.73. The van der Waals surface area contributed by atoms with Crippen LogP contribution in [0.5, 0.6) is 0 Å². The average molecular weight is 419 g/mol. The molecule has 1 aliphatic heterocycles. The second-order valence-electron chi connectivity index (χ2n) is 7.73. The summed E-state index contributed by atoms with van der Waals surface area (Å²) >= 11 is 0. The van der Waals surface area contributed by atoms with Crippen molar-refractivity contribution < 1.29 is 4.79 Å². The molecule has 4 heterocycles. The smallest absolute Gasteiger partial charge is 0.246 e. The number of piperidine rings is 1. The Morgan fingerprint density at radius 1 is 1.16 bits per heavy atom. The minimum absolute atomic E-state index is 0.0121. The first kappa shape index (κ1) is 20.6. The quantitative estimate of drug-likeness (QED) is 0.636. The molecule has 1 amide bonds. The molecule has 1 N–H and O–H groups in total. The summed E-state index contributed by atoms with van der Waals surface area (Å²) in [7, 11) is 1.85. The Morgan fingerprint density at radius 3 is 2.68 bits per heavy atom. The summed E-state index contributed by atoms with van der Waals surface area (Å²) in [5.74, 6) is 1.21. The lowest BCUT2D eigenvalue weighted by molar-refractivity contribution is -0.127. The molecular weight excluding hydrogens is 392 g/mol. The number of hydrogen-bond acceptors (Lipinski definition) is 7. The molecule has 0 bridgehead atoms. The third-order valence-electron chi connectivity index (χ3n) is 5.31. The topological polar surface area (TPSA) is 102 Å². The van der Waals surface area contributed by atoms with Crippen molar-refractivity contribution in [3.8, 4) is 0 Å². The molecule has 160 valence electrons. The van der Waals surface area contributed by atoms with Gasteiger partial charge in [0.15, 0.2) is 5.82 Å². The largest absolute Gasteiger partial charge is 0.338 e. The minimum atomic E-state index is -0.0121. The van der Waals surface area contributed by atoms with Crippen LogP contribution in [0.25, 0.3) is 6.08 Å². The number of carbonyl (C=O) groups is 1. The first-order chi connectivity index (χ1) is 15.0. The van der Waals surface area contributed by atoms with Gasteiger partial charge in [-0.15, -0.1) is 0 Å². The van der Waals surface area contributed by atoms with Crippen molar-refractivity contribution >= 4 is 23.7 Å². The van der Waals surface area contributed by atoms with Crippen LogP contribution in [0.4, 0.5) is 11.8 Å². The molecule has 1 saturated heterocycles. The van der Waals surface area contributed by atoms with Crippen molar-refractivity contribution in [3.05, 3.63) is 59.6 Å². The van der Waals surface area contributed by atoms with E-state index in [0.29, 0.717) is 18.3 Å². The molecule has 31 heavy (non-hydrogen) atoms. The third-order valence-corrected chi connectivity index (χ3v) is 5.31. The van der Waals surface area contributed by atoms with Gasteiger partial charge in [-0.25, -0.2) is 15.0 Å². The fraction of sp³-hybridized carbons (Fsp3) is 0.364. The van der Waals surface area contributed by atoms with E-state index in [1.165, 1.54) is 0 Å². The van der Waals surface area contributed by atoms with Crippen LogP contribution in [0.2, 0.25) is 0 Å². The van der Waals surface area contributed by atoms with Gasteiger partial charge in [-0.05, 0) is 44.9 Å². The van der Waals surface area contributed by atoms with E-state index < -0.39 is 0 Å². The first-order valence-corrected chi connectivity index (χ1v) is 10.3. The monoisotopic (exact) mass is 418 g/mol. The normalized spacial score (nSPS) is 16.6. The Hall–Kier alpha value is -3.62. The van der Waals surface area contributed by atoms with Crippen molar-refractivity contribution in [1.29, 1.82) is 0 Å². The van der Waals surface area contributed by atoms with Crippen LogP contribution in [0.3, 0.4) is 0 Å². The number of amides is 1. The maximum Gasteiger partial charge on any atom is 0.246 e. The zero-order chi connectivity index (χ0) is 21.8.